The molecule has 1 unspecified atom stereocenters. The number of hydrogen-bond donors (Lipinski definition) is 2. The second kappa shape index (κ2) is 6.68. The number of rotatable bonds is 3. The normalized spacial score (nSPS) is 17.9. The number of para-hydroxylation sites is 1. The van der Waals surface area contributed by atoms with Gasteiger partial charge in [0.05, 0.1) is 28.5 Å². The molecule has 1 aliphatic rings. The summed E-state index contributed by atoms with van der Waals surface area (Å²) in [5.41, 5.74) is 1.60. The highest BCUT2D eigenvalue weighted by atomic mass is 35.5. The van der Waals surface area contributed by atoms with Gasteiger partial charge < -0.3 is 19.9 Å². The molecule has 24 heavy (non-hydrogen) atoms. The Labute approximate surface area is 144 Å². The van der Waals surface area contributed by atoms with Gasteiger partial charge in [-0.2, -0.15) is 0 Å². The standard InChI is InChI=1S/C16H19ClN4O3/c1-20-13(19-12-6-2-5-11(17)14(12)20)8-18-16(24)21-7-3-4-10(9-21)15(22)23/h2,5-6,10H,3-4,7-9H2,1H3,(H,18,24)(H,22,23). The van der Waals surface area contributed by atoms with Gasteiger partial charge in [0.25, 0.3) is 0 Å². The molecule has 1 fully saturated rings. The van der Waals surface area contributed by atoms with E-state index in [1.807, 2.05) is 23.7 Å². The molecule has 1 saturated heterocycles. The van der Waals surface area contributed by atoms with E-state index in [-0.39, 0.29) is 19.1 Å². The van der Waals surface area contributed by atoms with Crippen LogP contribution >= 0.6 is 11.6 Å². The lowest BCUT2D eigenvalue weighted by Gasteiger charge is -2.30. The summed E-state index contributed by atoms with van der Waals surface area (Å²) in [6.07, 6.45) is 1.31. The van der Waals surface area contributed by atoms with Crippen molar-refractivity contribution in [3.63, 3.8) is 0 Å². The molecule has 2 heterocycles. The minimum Gasteiger partial charge on any atom is -0.481 e. The lowest BCUT2D eigenvalue weighted by atomic mass is 9.99. The summed E-state index contributed by atoms with van der Waals surface area (Å²) >= 11 is 6.19. The minimum absolute atomic E-state index is 0.246. The first-order chi connectivity index (χ1) is 11.5. The number of amides is 2. The largest absolute Gasteiger partial charge is 0.481 e. The van der Waals surface area contributed by atoms with Crippen molar-refractivity contribution in [2.45, 2.75) is 19.4 Å². The van der Waals surface area contributed by atoms with Gasteiger partial charge in [0.1, 0.15) is 5.82 Å². The first kappa shape index (κ1) is 16.6. The van der Waals surface area contributed by atoms with Crippen LogP contribution in [0.5, 0.6) is 0 Å². The van der Waals surface area contributed by atoms with Crippen molar-refractivity contribution >= 4 is 34.6 Å². The van der Waals surface area contributed by atoms with Crippen LogP contribution in [0, 0.1) is 5.92 Å². The highest BCUT2D eigenvalue weighted by molar-refractivity contribution is 6.35. The molecule has 8 heteroatoms. The summed E-state index contributed by atoms with van der Waals surface area (Å²) in [6, 6.07) is 5.24. The van der Waals surface area contributed by atoms with Crippen LogP contribution in [0.25, 0.3) is 11.0 Å². The van der Waals surface area contributed by atoms with Crippen LogP contribution in [0.1, 0.15) is 18.7 Å². The van der Waals surface area contributed by atoms with Crippen molar-refractivity contribution in [1.29, 1.82) is 0 Å². The number of aryl methyl sites for hydroxylation is 1. The monoisotopic (exact) mass is 350 g/mol. The summed E-state index contributed by atoms with van der Waals surface area (Å²) < 4.78 is 1.86. The molecule has 1 aromatic heterocycles. The summed E-state index contributed by atoms with van der Waals surface area (Å²) in [5, 5.41) is 12.5. The van der Waals surface area contributed by atoms with Gasteiger partial charge in [-0.1, -0.05) is 17.7 Å². The van der Waals surface area contributed by atoms with E-state index in [4.69, 9.17) is 16.7 Å². The molecule has 2 aromatic rings. The molecule has 0 saturated carbocycles. The van der Waals surface area contributed by atoms with Crippen molar-refractivity contribution in [2.24, 2.45) is 13.0 Å². The van der Waals surface area contributed by atoms with Gasteiger partial charge in [0.15, 0.2) is 0 Å². The van der Waals surface area contributed by atoms with E-state index in [0.29, 0.717) is 30.2 Å². The molecule has 128 valence electrons. The van der Waals surface area contributed by atoms with Crippen molar-refractivity contribution in [2.75, 3.05) is 13.1 Å². The number of piperidine rings is 1. The molecule has 0 bridgehead atoms. The zero-order chi connectivity index (χ0) is 17.3. The number of carboxylic acid groups (broad SMARTS) is 1. The van der Waals surface area contributed by atoms with Gasteiger partial charge in [0, 0.05) is 20.1 Å². The first-order valence-corrected chi connectivity index (χ1v) is 8.20. The number of nitrogens with zero attached hydrogens (tertiary/aromatic N) is 3. The van der Waals surface area contributed by atoms with E-state index < -0.39 is 11.9 Å². The van der Waals surface area contributed by atoms with Crippen LogP contribution in [0.3, 0.4) is 0 Å². The highest BCUT2D eigenvalue weighted by Crippen LogP contribution is 2.23. The summed E-state index contributed by atoms with van der Waals surface area (Å²) in [7, 11) is 1.85. The smallest absolute Gasteiger partial charge is 0.317 e. The lowest BCUT2D eigenvalue weighted by Crippen LogP contribution is -2.47. The Balaban J connectivity index is 1.67. The van der Waals surface area contributed by atoms with Crippen LogP contribution in [-0.4, -0.2) is 44.6 Å². The number of nitrogens with one attached hydrogen (secondary N) is 1. The summed E-state index contributed by atoms with van der Waals surface area (Å²) in [5.74, 6) is -0.644. The zero-order valence-corrected chi connectivity index (χ0v) is 14.1. The number of aliphatic carboxylic acids is 1. The molecule has 1 aliphatic heterocycles. The topological polar surface area (TPSA) is 87.5 Å². The van der Waals surface area contributed by atoms with E-state index in [2.05, 4.69) is 10.3 Å². The van der Waals surface area contributed by atoms with Gasteiger partial charge in [-0.15, -0.1) is 0 Å². The van der Waals surface area contributed by atoms with E-state index in [9.17, 15) is 9.59 Å². The lowest BCUT2D eigenvalue weighted by molar-refractivity contribution is -0.143. The van der Waals surface area contributed by atoms with E-state index in [1.54, 1.807) is 11.0 Å². The summed E-state index contributed by atoms with van der Waals surface area (Å²) in [4.78, 5) is 29.4. The number of likely N-dealkylation sites (tertiary alicyclic amines) is 1. The van der Waals surface area contributed by atoms with Gasteiger partial charge in [-0.25, -0.2) is 9.78 Å². The Morgan fingerprint density at radius 1 is 1.46 bits per heavy atom. The van der Waals surface area contributed by atoms with Crippen LogP contribution in [0.15, 0.2) is 18.2 Å². The van der Waals surface area contributed by atoms with Crippen molar-refractivity contribution in [3.8, 4) is 0 Å². The van der Waals surface area contributed by atoms with E-state index in [0.717, 1.165) is 11.0 Å². The zero-order valence-electron chi connectivity index (χ0n) is 13.3. The summed E-state index contributed by atoms with van der Waals surface area (Å²) in [6.45, 7) is 1.08. The van der Waals surface area contributed by atoms with Crippen molar-refractivity contribution in [3.05, 3.63) is 29.0 Å². The molecule has 2 amide bonds. The molecule has 3 rings (SSSR count). The molecule has 1 atom stereocenters. The van der Waals surface area contributed by atoms with Crippen molar-refractivity contribution < 1.29 is 14.7 Å². The predicted octanol–water partition coefficient (Wildman–Crippen LogP) is 2.23. The number of halogens is 1. The molecular weight excluding hydrogens is 332 g/mol. The number of carbonyl (C=O) groups excluding carboxylic acids is 1. The third-order valence-corrected chi connectivity index (χ3v) is 4.70. The average molecular weight is 351 g/mol. The first-order valence-electron chi connectivity index (χ1n) is 7.82. The number of benzene rings is 1. The Morgan fingerprint density at radius 3 is 2.96 bits per heavy atom. The van der Waals surface area contributed by atoms with Gasteiger partial charge >= 0.3 is 12.0 Å². The third kappa shape index (κ3) is 3.17. The number of urea groups is 1. The van der Waals surface area contributed by atoms with Crippen molar-refractivity contribution in [1.82, 2.24) is 19.8 Å². The quantitative estimate of drug-likeness (QED) is 0.888. The molecule has 2 N–H and O–H groups in total. The molecule has 0 aliphatic carbocycles. The fourth-order valence-electron chi connectivity index (χ4n) is 3.06. The third-order valence-electron chi connectivity index (χ3n) is 4.39. The maximum absolute atomic E-state index is 12.3. The molecule has 0 spiro atoms. The van der Waals surface area contributed by atoms with Crippen LogP contribution in [-0.2, 0) is 18.4 Å². The molecular formula is C16H19ClN4O3. The van der Waals surface area contributed by atoms with Crippen LogP contribution < -0.4 is 5.32 Å². The second-order valence-electron chi connectivity index (χ2n) is 5.98. The highest BCUT2D eigenvalue weighted by Gasteiger charge is 2.28. The second-order valence-corrected chi connectivity index (χ2v) is 6.38. The number of carboxylic acids is 1. The molecule has 1 aromatic carbocycles. The number of hydrogen-bond acceptors (Lipinski definition) is 3. The number of imidazole rings is 1. The molecule has 7 nitrogen and oxygen atoms in total. The number of fused-ring (bicyclic) bond motifs is 1. The Kier molecular flexibility index (Phi) is 4.62. The predicted molar refractivity (Wildman–Crippen MR) is 89.9 cm³/mol. The number of carbonyl (C=O) groups is 2. The maximum Gasteiger partial charge on any atom is 0.317 e. The van der Waals surface area contributed by atoms with Gasteiger partial charge in [0.2, 0.25) is 0 Å². The van der Waals surface area contributed by atoms with E-state index >= 15 is 0 Å². The van der Waals surface area contributed by atoms with E-state index in [1.165, 1.54) is 0 Å². The Bertz CT molecular complexity index is 789. The minimum atomic E-state index is -0.850. The maximum atomic E-state index is 12.3. The van der Waals surface area contributed by atoms with Gasteiger partial charge in [-0.05, 0) is 25.0 Å². The average Bonchev–Trinajstić information content (AvgIpc) is 2.90. The fourth-order valence-corrected chi connectivity index (χ4v) is 3.35. The number of aromatic nitrogens is 2. The Hall–Kier alpha value is -2.28. The molecule has 0 radical (unpaired) electrons. The SMILES string of the molecule is Cn1c(CNC(=O)N2CCCC(C(=O)O)C2)nc2cccc(Cl)c21. The van der Waals surface area contributed by atoms with Gasteiger partial charge in [-0.3, -0.25) is 4.79 Å². The fraction of sp³-hybridized carbons (Fsp3) is 0.438. The van der Waals surface area contributed by atoms with Crippen LogP contribution in [0.2, 0.25) is 5.02 Å². The Morgan fingerprint density at radius 2 is 2.25 bits per heavy atom. The van der Waals surface area contributed by atoms with Crippen LogP contribution in [0.4, 0.5) is 4.79 Å².